The molecule has 0 aliphatic rings. The van der Waals surface area contributed by atoms with Gasteiger partial charge in [0.05, 0.1) is 13.2 Å². The molecule has 2 aromatic carbocycles. The zero-order valence-corrected chi connectivity index (χ0v) is 15.3. The third kappa shape index (κ3) is 4.49. The van der Waals surface area contributed by atoms with Crippen molar-refractivity contribution in [1.82, 2.24) is 0 Å². The van der Waals surface area contributed by atoms with Gasteiger partial charge in [0.2, 0.25) is 0 Å². The summed E-state index contributed by atoms with van der Waals surface area (Å²) in [5, 5.41) is 1.97. The van der Waals surface area contributed by atoms with Crippen LogP contribution in [0.25, 0.3) is 0 Å². The molecule has 1 heterocycles. The number of hydrogen-bond acceptors (Lipinski definition) is 3. The maximum atomic E-state index is 13.3. The number of halogens is 1. The average Bonchev–Trinajstić information content (AvgIpc) is 3.18. The number of ether oxygens (including phenoxy) is 1. The minimum atomic E-state index is -0.327. The number of anilines is 1. The van der Waals surface area contributed by atoms with E-state index in [1.807, 2.05) is 36.6 Å². The van der Waals surface area contributed by atoms with Crippen molar-refractivity contribution >= 4 is 22.9 Å². The molecule has 0 aliphatic heterocycles. The topological polar surface area (TPSA) is 29.5 Å². The SMILES string of the molecule is CCCOc1cccc(C(=O)N(Cc2cccs2)c2ccc(F)cc2)c1. The molecule has 0 bridgehead atoms. The Balaban J connectivity index is 1.90. The molecule has 0 saturated carbocycles. The lowest BCUT2D eigenvalue weighted by Gasteiger charge is -2.23. The Hall–Kier alpha value is -2.66. The predicted octanol–water partition coefficient (Wildman–Crippen LogP) is 5.52. The number of rotatable bonds is 7. The fourth-order valence-corrected chi connectivity index (χ4v) is 3.25. The first kappa shape index (κ1) is 18.1. The average molecular weight is 369 g/mol. The summed E-state index contributed by atoms with van der Waals surface area (Å²) in [5.41, 5.74) is 1.20. The van der Waals surface area contributed by atoms with Crippen LogP contribution in [0.1, 0.15) is 28.6 Å². The van der Waals surface area contributed by atoms with Crippen LogP contribution in [0.5, 0.6) is 5.75 Å². The lowest BCUT2D eigenvalue weighted by Crippen LogP contribution is -2.30. The van der Waals surface area contributed by atoms with Crippen molar-refractivity contribution < 1.29 is 13.9 Å². The van der Waals surface area contributed by atoms with E-state index in [-0.39, 0.29) is 11.7 Å². The van der Waals surface area contributed by atoms with Crippen molar-refractivity contribution in [3.8, 4) is 5.75 Å². The van der Waals surface area contributed by atoms with Crippen LogP contribution < -0.4 is 9.64 Å². The molecular formula is C21H20FNO2S. The van der Waals surface area contributed by atoms with Gasteiger partial charge in [-0.15, -0.1) is 11.3 Å². The van der Waals surface area contributed by atoms with Crippen LogP contribution in [0, 0.1) is 5.82 Å². The van der Waals surface area contributed by atoms with E-state index < -0.39 is 0 Å². The van der Waals surface area contributed by atoms with Gasteiger partial charge in [0, 0.05) is 16.1 Å². The van der Waals surface area contributed by atoms with Gasteiger partial charge in [0.1, 0.15) is 11.6 Å². The smallest absolute Gasteiger partial charge is 0.258 e. The quantitative estimate of drug-likeness (QED) is 0.548. The van der Waals surface area contributed by atoms with Crippen LogP contribution in [0.4, 0.5) is 10.1 Å². The molecule has 0 fully saturated rings. The predicted molar refractivity (Wildman–Crippen MR) is 103 cm³/mol. The molecule has 1 amide bonds. The molecule has 3 rings (SSSR count). The maximum Gasteiger partial charge on any atom is 0.258 e. The first-order valence-corrected chi connectivity index (χ1v) is 9.38. The molecule has 0 atom stereocenters. The maximum absolute atomic E-state index is 13.3. The Kier molecular flexibility index (Phi) is 6.02. The van der Waals surface area contributed by atoms with Crippen LogP contribution in [-0.4, -0.2) is 12.5 Å². The third-order valence-electron chi connectivity index (χ3n) is 3.83. The molecule has 3 aromatic rings. The fraction of sp³-hybridized carbons (Fsp3) is 0.190. The van der Waals surface area contributed by atoms with E-state index in [1.165, 1.54) is 12.1 Å². The zero-order valence-electron chi connectivity index (χ0n) is 14.5. The van der Waals surface area contributed by atoms with Gasteiger partial charge in [-0.1, -0.05) is 19.1 Å². The zero-order chi connectivity index (χ0) is 18.4. The lowest BCUT2D eigenvalue weighted by molar-refractivity contribution is 0.0985. The summed E-state index contributed by atoms with van der Waals surface area (Å²) in [4.78, 5) is 15.9. The van der Waals surface area contributed by atoms with E-state index in [2.05, 4.69) is 0 Å². The van der Waals surface area contributed by atoms with Crippen LogP contribution in [0.2, 0.25) is 0 Å². The molecule has 0 unspecified atom stereocenters. The highest BCUT2D eigenvalue weighted by molar-refractivity contribution is 7.09. The van der Waals surface area contributed by atoms with Crippen molar-refractivity contribution in [2.45, 2.75) is 19.9 Å². The number of benzene rings is 2. The Morgan fingerprint density at radius 3 is 2.62 bits per heavy atom. The highest BCUT2D eigenvalue weighted by Crippen LogP contribution is 2.24. The second kappa shape index (κ2) is 8.63. The second-order valence-corrected chi connectivity index (χ2v) is 6.86. The molecule has 0 spiro atoms. The summed E-state index contributed by atoms with van der Waals surface area (Å²) in [6.45, 7) is 3.07. The molecular weight excluding hydrogens is 349 g/mol. The van der Waals surface area contributed by atoms with Gasteiger partial charge in [0.15, 0.2) is 0 Å². The second-order valence-electron chi connectivity index (χ2n) is 5.82. The number of thiophene rings is 1. The van der Waals surface area contributed by atoms with Crippen molar-refractivity contribution in [3.05, 3.63) is 82.3 Å². The lowest BCUT2D eigenvalue weighted by atomic mass is 10.1. The molecule has 0 saturated heterocycles. The summed E-state index contributed by atoms with van der Waals surface area (Å²) in [5.74, 6) is 0.201. The monoisotopic (exact) mass is 369 g/mol. The molecule has 0 aliphatic carbocycles. The van der Waals surface area contributed by atoms with Crippen LogP contribution in [0.3, 0.4) is 0 Å². The van der Waals surface area contributed by atoms with Gasteiger partial charge < -0.3 is 9.64 Å². The minimum Gasteiger partial charge on any atom is -0.494 e. The van der Waals surface area contributed by atoms with Gasteiger partial charge in [-0.25, -0.2) is 4.39 Å². The first-order chi connectivity index (χ1) is 12.7. The van der Waals surface area contributed by atoms with Gasteiger partial charge >= 0.3 is 0 Å². The largest absolute Gasteiger partial charge is 0.494 e. The van der Waals surface area contributed by atoms with Gasteiger partial charge in [-0.05, 0) is 60.3 Å². The van der Waals surface area contributed by atoms with E-state index in [1.54, 1.807) is 40.5 Å². The van der Waals surface area contributed by atoms with Crippen LogP contribution >= 0.6 is 11.3 Å². The minimum absolute atomic E-state index is 0.146. The number of amides is 1. The Bertz CT molecular complexity index is 847. The summed E-state index contributed by atoms with van der Waals surface area (Å²) >= 11 is 1.58. The first-order valence-electron chi connectivity index (χ1n) is 8.50. The highest BCUT2D eigenvalue weighted by Gasteiger charge is 2.19. The summed E-state index contributed by atoms with van der Waals surface area (Å²) in [7, 11) is 0. The van der Waals surface area contributed by atoms with E-state index in [4.69, 9.17) is 4.74 Å². The Morgan fingerprint density at radius 2 is 1.92 bits per heavy atom. The van der Waals surface area contributed by atoms with Crippen molar-refractivity contribution in [2.75, 3.05) is 11.5 Å². The number of hydrogen-bond donors (Lipinski definition) is 0. The van der Waals surface area contributed by atoms with Crippen molar-refractivity contribution in [1.29, 1.82) is 0 Å². The van der Waals surface area contributed by atoms with Crippen molar-refractivity contribution in [3.63, 3.8) is 0 Å². The molecule has 5 heteroatoms. The number of carbonyl (C=O) groups is 1. The Morgan fingerprint density at radius 1 is 1.12 bits per heavy atom. The van der Waals surface area contributed by atoms with Gasteiger partial charge in [-0.2, -0.15) is 0 Å². The molecule has 3 nitrogen and oxygen atoms in total. The summed E-state index contributed by atoms with van der Waals surface area (Å²) in [6.07, 6.45) is 0.901. The van der Waals surface area contributed by atoms with Crippen molar-refractivity contribution in [2.24, 2.45) is 0 Å². The number of nitrogens with zero attached hydrogens (tertiary/aromatic N) is 1. The summed E-state index contributed by atoms with van der Waals surface area (Å²) < 4.78 is 18.9. The molecule has 1 aromatic heterocycles. The number of carbonyl (C=O) groups excluding carboxylic acids is 1. The van der Waals surface area contributed by atoms with Crippen LogP contribution in [-0.2, 0) is 6.54 Å². The van der Waals surface area contributed by atoms with Crippen LogP contribution in [0.15, 0.2) is 66.0 Å². The summed E-state index contributed by atoms with van der Waals surface area (Å²) in [6, 6.07) is 17.1. The van der Waals surface area contributed by atoms with E-state index in [9.17, 15) is 9.18 Å². The normalized spacial score (nSPS) is 10.5. The Labute approximate surface area is 156 Å². The van der Waals surface area contributed by atoms with Gasteiger partial charge in [0.25, 0.3) is 5.91 Å². The standard InChI is InChI=1S/C21H20FNO2S/c1-2-12-25-19-6-3-5-16(14-19)21(24)23(15-20-7-4-13-26-20)18-10-8-17(22)9-11-18/h3-11,13-14H,2,12,15H2,1H3. The molecule has 0 N–H and O–H groups in total. The third-order valence-corrected chi connectivity index (χ3v) is 4.69. The van der Waals surface area contributed by atoms with E-state index in [0.717, 1.165) is 11.3 Å². The molecule has 0 radical (unpaired) electrons. The van der Waals surface area contributed by atoms with Gasteiger partial charge in [-0.3, -0.25) is 4.79 Å². The molecule has 134 valence electrons. The van der Waals surface area contributed by atoms with E-state index in [0.29, 0.717) is 30.2 Å². The fourth-order valence-electron chi connectivity index (χ4n) is 2.55. The highest BCUT2D eigenvalue weighted by atomic mass is 32.1. The molecule has 26 heavy (non-hydrogen) atoms. The van der Waals surface area contributed by atoms with E-state index >= 15 is 0 Å².